The molecule has 2 heterocycles. The molecule has 0 radical (unpaired) electrons. The topological polar surface area (TPSA) is 25.8 Å². The zero-order valence-electron chi connectivity index (χ0n) is 19.6. The highest BCUT2D eigenvalue weighted by Crippen LogP contribution is 2.45. The van der Waals surface area contributed by atoms with Crippen LogP contribution in [0, 0.1) is 6.92 Å². The lowest BCUT2D eigenvalue weighted by Crippen LogP contribution is -2.14. The van der Waals surface area contributed by atoms with Crippen molar-refractivity contribution in [2.24, 2.45) is 0 Å². The van der Waals surface area contributed by atoms with Gasteiger partial charge < -0.3 is 0 Å². The van der Waals surface area contributed by atoms with E-state index in [1.54, 1.807) is 12.1 Å². The summed E-state index contributed by atoms with van der Waals surface area (Å²) in [5.74, 6) is 0. The van der Waals surface area contributed by atoms with E-state index in [1.807, 2.05) is 54.6 Å². The first-order chi connectivity index (χ1) is 18.0. The molecule has 38 heavy (non-hydrogen) atoms. The van der Waals surface area contributed by atoms with Crippen molar-refractivity contribution in [1.82, 2.24) is 10.2 Å². The largest absolute Gasteiger partial charge is 0.417 e. The summed E-state index contributed by atoms with van der Waals surface area (Å²) in [6.45, 7) is 1.23. The summed E-state index contributed by atoms with van der Waals surface area (Å²) in [4.78, 5) is 0.783. The third kappa shape index (κ3) is 4.07. The van der Waals surface area contributed by atoms with Crippen LogP contribution in [0.25, 0.3) is 53.5 Å². The molecular formula is C29H16F6N2S. The van der Waals surface area contributed by atoms with Gasteiger partial charge in [-0.05, 0) is 65.0 Å². The second-order valence-corrected chi connectivity index (χ2v) is 10.1. The maximum atomic E-state index is 14.2. The Morgan fingerprint density at radius 1 is 0.632 bits per heavy atom. The van der Waals surface area contributed by atoms with Crippen molar-refractivity contribution in [3.63, 3.8) is 0 Å². The van der Waals surface area contributed by atoms with Crippen LogP contribution in [0.4, 0.5) is 26.3 Å². The average molecular weight is 539 g/mol. The maximum Gasteiger partial charge on any atom is 0.417 e. The van der Waals surface area contributed by atoms with Gasteiger partial charge in [-0.2, -0.15) is 26.3 Å². The molecule has 0 amide bonds. The molecule has 0 aliphatic rings. The van der Waals surface area contributed by atoms with Gasteiger partial charge in [-0.3, -0.25) is 0 Å². The van der Waals surface area contributed by atoms with Crippen LogP contribution in [-0.2, 0) is 12.4 Å². The number of aryl methyl sites for hydroxylation is 1. The highest BCUT2D eigenvalue weighted by Gasteiger charge is 2.40. The average Bonchev–Trinajstić information content (AvgIpc) is 3.29. The molecule has 0 spiro atoms. The van der Waals surface area contributed by atoms with Crippen LogP contribution < -0.4 is 0 Å². The van der Waals surface area contributed by atoms with Crippen LogP contribution in [0.15, 0.2) is 78.9 Å². The number of nitrogens with zero attached hydrogens (tertiary/aromatic N) is 2. The molecule has 0 aliphatic carbocycles. The summed E-state index contributed by atoms with van der Waals surface area (Å²) < 4.78 is 83.9. The highest BCUT2D eigenvalue weighted by atomic mass is 32.1. The summed E-state index contributed by atoms with van der Waals surface area (Å²) in [6.07, 6.45) is -9.98. The quantitative estimate of drug-likeness (QED) is 0.162. The first-order valence-electron chi connectivity index (χ1n) is 11.5. The van der Waals surface area contributed by atoms with E-state index < -0.39 is 29.0 Å². The second-order valence-electron chi connectivity index (χ2n) is 9.00. The Morgan fingerprint density at radius 3 is 1.82 bits per heavy atom. The van der Waals surface area contributed by atoms with Gasteiger partial charge in [0.15, 0.2) is 0 Å². The highest BCUT2D eigenvalue weighted by molar-refractivity contribution is 7.22. The number of aromatic nitrogens is 2. The predicted octanol–water partition coefficient (Wildman–Crippen LogP) is 9.68. The number of halogens is 6. The van der Waals surface area contributed by atoms with Crippen molar-refractivity contribution in [3.05, 3.63) is 95.6 Å². The van der Waals surface area contributed by atoms with Gasteiger partial charge in [0, 0.05) is 21.0 Å². The molecule has 0 N–H and O–H groups in total. The van der Waals surface area contributed by atoms with E-state index in [1.165, 1.54) is 18.3 Å². The van der Waals surface area contributed by atoms with Crippen LogP contribution >= 0.6 is 11.3 Å². The van der Waals surface area contributed by atoms with Gasteiger partial charge in [0.1, 0.15) is 11.4 Å². The first-order valence-corrected chi connectivity index (χ1v) is 12.3. The molecule has 2 aromatic heterocycles. The lowest BCUT2D eigenvalue weighted by Gasteiger charge is -2.19. The van der Waals surface area contributed by atoms with Crippen LogP contribution in [0.2, 0.25) is 0 Å². The molecule has 6 rings (SSSR count). The van der Waals surface area contributed by atoms with Crippen molar-refractivity contribution in [1.29, 1.82) is 0 Å². The van der Waals surface area contributed by atoms with Gasteiger partial charge in [0.05, 0.1) is 16.0 Å². The normalized spacial score (nSPS) is 12.6. The number of fused-ring (bicyclic) bond motifs is 3. The second kappa shape index (κ2) is 8.52. The Morgan fingerprint density at radius 2 is 1.21 bits per heavy atom. The Labute approximate surface area is 216 Å². The zero-order chi connectivity index (χ0) is 26.8. The van der Waals surface area contributed by atoms with Crippen LogP contribution in [0.1, 0.15) is 16.7 Å². The fourth-order valence-corrected chi connectivity index (χ4v) is 5.86. The van der Waals surface area contributed by atoms with E-state index in [9.17, 15) is 26.3 Å². The fraction of sp³-hybridized carbons (Fsp3) is 0.103. The molecule has 0 unspecified atom stereocenters. The molecule has 0 aliphatic heterocycles. The number of rotatable bonds is 2. The summed E-state index contributed by atoms with van der Waals surface area (Å²) in [5, 5.41) is 12.1. The minimum atomic E-state index is -5.05. The Hall–Kier alpha value is -3.98. The lowest BCUT2D eigenvalue weighted by atomic mass is 9.91. The van der Waals surface area contributed by atoms with Gasteiger partial charge in [-0.1, -0.05) is 42.5 Å². The van der Waals surface area contributed by atoms with Crippen molar-refractivity contribution < 1.29 is 26.3 Å². The lowest BCUT2D eigenvalue weighted by molar-refractivity contribution is -0.142. The molecule has 0 fully saturated rings. The van der Waals surface area contributed by atoms with Crippen molar-refractivity contribution >= 4 is 43.0 Å². The molecule has 190 valence electrons. The molecule has 0 saturated heterocycles. The first kappa shape index (κ1) is 24.4. The minimum Gasteiger partial charge on any atom is -0.166 e. The SMILES string of the molecule is Cc1cc(C(F)(F)F)cc(C(F)(F)F)c1-c1nnc(-c2cc3ccccc3s2)c2cc3ccccc3cc12. The minimum absolute atomic E-state index is 0.117. The Balaban J connectivity index is 1.71. The zero-order valence-corrected chi connectivity index (χ0v) is 20.4. The van der Waals surface area contributed by atoms with E-state index >= 15 is 0 Å². The molecule has 4 aromatic carbocycles. The van der Waals surface area contributed by atoms with Crippen LogP contribution in [-0.4, -0.2) is 10.2 Å². The molecular weight excluding hydrogens is 522 g/mol. The van der Waals surface area contributed by atoms with Gasteiger partial charge in [-0.15, -0.1) is 21.5 Å². The maximum absolute atomic E-state index is 14.2. The standard InChI is InChI=1S/C29H16F6N2S/c1-15-10-19(28(30,31)32)14-22(29(33,34)35)25(15)27-21-12-17-7-3-2-6-16(17)11-20(21)26(36-37-27)24-13-18-8-4-5-9-23(18)38-24/h2-14H,1H3. The third-order valence-electron chi connectivity index (χ3n) is 6.51. The monoisotopic (exact) mass is 538 g/mol. The number of benzene rings is 4. The van der Waals surface area contributed by atoms with Gasteiger partial charge >= 0.3 is 12.4 Å². The number of hydrogen-bond donors (Lipinski definition) is 0. The van der Waals surface area contributed by atoms with Crippen molar-refractivity contribution in [3.8, 4) is 21.8 Å². The van der Waals surface area contributed by atoms with Gasteiger partial charge in [-0.25, -0.2) is 0 Å². The number of thiophene rings is 1. The van der Waals surface area contributed by atoms with Gasteiger partial charge in [0.2, 0.25) is 0 Å². The van der Waals surface area contributed by atoms with Crippen LogP contribution in [0.3, 0.4) is 0 Å². The number of alkyl halides is 6. The summed E-state index contributed by atoms with van der Waals surface area (Å²) in [7, 11) is 0. The predicted molar refractivity (Wildman–Crippen MR) is 138 cm³/mol. The van der Waals surface area contributed by atoms with E-state index in [0.717, 1.165) is 31.8 Å². The van der Waals surface area contributed by atoms with Crippen molar-refractivity contribution in [2.75, 3.05) is 0 Å². The summed E-state index contributed by atoms with van der Waals surface area (Å²) in [5.41, 5.74) is -2.99. The van der Waals surface area contributed by atoms with E-state index in [0.29, 0.717) is 16.5 Å². The molecule has 0 saturated carbocycles. The molecule has 0 atom stereocenters. The third-order valence-corrected chi connectivity index (χ3v) is 7.63. The van der Waals surface area contributed by atoms with Crippen LogP contribution in [0.5, 0.6) is 0 Å². The Kier molecular flexibility index (Phi) is 5.47. The number of hydrogen-bond acceptors (Lipinski definition) is 3. The summed E-state index contributed by atoms with van der Waals surface area (Å²) in [6, 6.07) is 21.5. The smallest absolute Gasteiger partial charge is 0.166 e. The fourth-order valence-electron chi connectivity index (χ4n) is 4.79. The van der Waals surface area contributed by atoms with E-state index in [-0.39, 0.29) is 17.3 Å². The van der Waals surface area contributed by atoms with E-state index in [4.69, 9.17) is 0 Å². The molecule has 2 nitrogen and oxygen atoms in total. The molecule has 0 bridgehead atoms. The molecule has 9 heteroatoms. The van der Waals surface area contributed by atoms with Gasteiger partial charge in [0.25, 0.3) is 0 Å². The van der Waals surface area contributed by atoms with E-state index in [2.05, 4.69) is 10.2 Å². The van der Waals surface area contributed by atoms with Crippen molar-refractivity contribution in [2.45, 2.75) is 19.3 Å². The summed E-state index contributed by atoms with van der Waals surface area (Å²) >= 11 is 1.48. The molecule has 6 aromatic rings. The Bertz CT molecular complexity index is 1830.